The maximum absolute atomic E-state index is 11.5. The predicted octanol–water partition coefficient (Wildman–Crippen LogP) is 0.459. The zero-order valence-electron chi connectivity index (χ0n) is 9.64. The van der Waals surface area contributed by atoms with Crippen LogP contribution in [0.2, 0.25) is 0 Å². The lowest BCUT2D eigenvalue weighted by Gasteiger charge is -2.12. The highest BCUT2D eigenvalue weighted by Gasteiger charge is 2.12. The molecule has 0 fully saturated rings. The molecule has 0 unspecified atom stereocenters. The van der Waals surface area contributed by atoms with Gasteiger partial charge in [-0.15, -0.1) is 0 Å². The molecule has 2 rings (SSSR count). The Kier molecular flexibility index (Phi) is 3.14. The molecule has 0 aliphatic carbocycles. The number of nitrogens with one attached hydrogen (secondary N) is 2. The quantitative estimate of drug-likeness (QED) is 0.832. The minimum atomic E-state index is -3.38. The molecule has 0 atom stereocenters. The van der Waals surface area contributed by atoms with Crippen molar-refractivity contribution < 1.29 is 8.42 Å². The van der Waals surface area contributed by atoms with E-state index in [4.69, 9.17) is 0 Å². The second kappa shape index (κ2) is 4.44. The highest BCUT2D eigenvalue weighted by molar-refractivity contribution is 7.87. The van der Waals surface area contributed by atoms with Crippen LogP contribution in [-0.2, 0) is 16.8 Å². The third-order valence-corrected chi connectivity index (χ3v) is 3.89. The van der Waals surface area contributed by atoms with E-state index in [1.54, 1.807) is 6.33 Å². The number of rotatable bonds is 4. The molecule has 0 radical (unpaired) electrons. The minimum Gasteiger partial charge on any atom is -0.345 e. The lowest BCUT2D eigenvalue weighted by Crippen LogP contribution is -2.35. The van der Waals surface area contributed by atoms with Crippen LogP contribution in [0, 0.1) is 0 Å². The molecule has 1 aromatic heterocycles. The molecule has 0 aliphatic rings. The SMILES string of the molecule is CN(C)S(=O)(=O)NCc1ccc2nc[nH]c2c1. The van der Waals surface area contributed by atoms with Gasteiger partial charge in [-0.1, -0.05) is 6.07 Å². The molecule has 0 amide bonds. The van der Waals surface area contributed by atoms with Gasteiger partial charge in [-0.3, -0.25) is 0 Å². The number of hydrogen-bond donors (Lipinski definition) is 2. The van der Waals surface area contributed by atoms with Crippen LogP contribution in [0.25, 0.3) is 11.0 Å². The van der Waals surface area contributed by atoms with Crippen LogP contribution in [0.15, 0.2) is 24.5 Å². The Labute approximate surface area is 99.8 Å². The number of aromatic amines is 1. The van der Waals surface area contributed by atoms with Crippen LogP contribution in [0.1, 0.15) is 5.56 Å². The first-order valence-corrected chi connectivity index (χ1v) is 6.52. The molecule has 0 saturated carbocycles. The number of H-pyrrole nitrogens is 1. The average molecular weight is 254 g/mol. The Balaban J connectivity index is 2.14. The van der Waals surface area contributed by atoms with Gasteiger partial charge in [-0.05, 0) is 17.7 Å². The van der Waals surface area contributed by atoms with Gasteiger partial charge in [0, 0.05) is 20.6 Å². The van der Waals surface area contributed by atoms with Gasteiger partial charge in [0.2, 0.25) is 0 Å². The minimum absolute atomic E-state index is 0.259. The molecule has 92 valence electrons. The van der Waals surface area contributed by atoms with Gasteiger partial charge in [0.05, 0.1) is 17.4 Å². The van der Waals surface area contributed by atoms with Crippen molar-refractivity contribution in [2.75, 3.05) is 14.1 Å². The predicted molar refractivity (Wildman–Crippen MR) is 65.5 cm³/mol. The molecule has 17 heavy (non-hydrogen) atoms. The maximum Gasteiger partial charge on any atom is 0.279 e. The van der Waals surface area contributed by atoms with E-state index in [1.807, 2.05) is 18.2 Å². The fourth-order valence-electron chi connectivity index (χ4n) is 1.40. The van der Waals surface area contributed by atoms with E-state index >= 15 is 0 Å². The molecule has 0 saturated heterocycles. The van der Waals surface area contributed by atoms with Crippen molar-refractivity contribution in [2.24, 2.45) is 0 Å². The fourth-order valence-corrected chi connectivity index (χ4v) is 2.00. The summed E-state index contributed by atoms with van der Waals surface area (Å²) in [6, 6.07) is 5.58. The van der Waals surface area contributed by atoms with Crippen molar-refractivity contribution >= 4 is 21.2 Å². The van der Waals surface area contributed by atoms with E-state index in [0.717, 1.165) is 20.9 Å². The van der Waals surface area contributed by atoms with Gasteiger partial charge in [0.25, 0.3) is 10.2 Å². The molecule has 2 N–H and O–H groups in total. The van der Waals surface area contributed by atoms with Crippen molar-refractivity contribution in [1.82, 2.24) is 19.0 Å². The Morgan fingerprint density at radius 1 is 1.41 bits per heavy atom. The van der Waals surface area contributed by atoms with Crippen LogP contribution < -0.4 is 4.72 Å². The number of fused-ring (bicyclic) bond motifs is 1. The first-order valence-electron chi connectivity index (χ1n) is 5.08. The zero-order chi connectivity index (χ0) is 12.5. The summed E-state index contributed by atoms with van der Waals surface area (Å²) in [6.07, 6.45) is 1.61. The third-order valence-electron chi connectivity index (χ3n) is 2.42. The van der Waals surface area contributed by atoms with Crippen LogP contribution in [0.4, 0.5) is 0 Å². The number of aromatic nitrogens is 2. The van der Waals surface area contributed by atoms with Gasteiger partial charge in [-0.2, -0.15) is 17.4 Å². The molecular weight excluding hydrogens is 240 g/mol. The first-order chi connectivity index (χ1) is 7.99. The summed E-state index contributed by atoms with van der Waals surface area (Å²) in [4.78, 5) is 7.08. The van der Waals surface area contributed by atoms with Crippen molar-refractivity contribution in [2.45, 2.75) is 6.54 Å². The van der Waals surface area contributed by atoms with E-state index in [9.17, 15) is 8.42 Å². The summed E-state index contributed by atoms with van der Waals surface area (Å²) < 4.78 is 26.7. The summed E-state index contributed by atoms with van der Waals surface area (Å²) in [5.41, 5.74) is 2.64. The Morgan fingerprint density at radius 2 is 2.18 bits per heavy atom. The van der Waals surface area contributed by atoms with Gasteiger partial charge in [-0.25, -0.2) is 4.98 Å². The molecule has 0 bridgehead atoms. The van der Waals surface area contributed by atoms with Crippen LogP contribution in [-0.4, -0.2) is 36.8 Å². The third kappa shape index (κ3) is 2.63. The van der Waals surface area contributed by atoms with Crippen LogP contribution in [0.3, 0.4) is 0 Å². The summed E-state index contributed by atoms with van der Waals surface area (Å²) in [7, 11) is -0.406. The number of nitrogens with zero attached hydrogens (tertiary/aromatic N) is 2. The highest BCUT2D eigenvalue weighted by atomic mass is 32.2. The summed E-state index contributed by atoms with van der Waals surface area (Å²) in [6.45, 7) is 0.259. The Bertz CT molecular complexity index is 618. The smallest absolute Gasteiger partial charge is 0.279 e. The summed E-state index contributed by atoms with van der Waals surface area (Å²) in [5.74, 6) is 0. The van der Waals surface area contributed by atoms with Gasteiger partial charge >= 0.3 is 0 Å². The van der Waals surface area contributed by atoms with Crippen molar-refractivity contribution in [3.05, 3.63) is 30.1 Å². The van der Waals surface area contributed by atoms with Gasteiger partial charge < -0.3 is 4.98 Å². The Hall–Kier alpha value is -1.44. The van der Waals surface area contributed by atoms with Crippen LogP contribution in [0.5, 0.6) is 0 Å². The maximum atomic E-state index is 11.5. The average Bonchev–Trinajstić information content (AvgIpc) is 2.73. The lowest BCUT2D eigenvalue weighted by molar-refractivity contribution is 0.505. The highest BCUT2D eigenvalue weighted by Crippen LogP contribution is 2.11. The van der Waals surface area contributed by atoms with Crippen molar-refractivity contribution in [3.63, 3.8) is 0 Å². The fraction of sp³-hybridized carbons (Fsp3) is 0.300. The van der Waals surface area contributed by atoms with E-state index in [0.29, 0.717) is 0 Å². The molecule has 1 heterocycles. The normalized spacial score (nSPS) is 12.4. The molecule has 1 aromatic carbocycles. The standard InChI is InChI=1S/C10H14N4O2S/c1-14(2)17(15,16)13-6-8-3-4-9-10(5-8)12-7-11-9/h3-5,7,13H,6H2,1-2H3,(H,11,12). The first kappa shape index (κ1) is 12.0. The Morgan fingerprint density at radius 3 is 2.88 bits per heavy atom. The van der Waals surface area contributed by atoms with Gasteiger partial charge in [0.1, 0.15) is 0 Å². The summed E-state index contributed by atoms with van der Waals surface area (Å²) in [5, 5.41) is 0. The summed E-state index contributed by atoms with van der Waals surface area (Å²) >= 11 is 0. The van der Waals surface area contributed by atoms with Crippen molar-refractivity contribution in [3.8, 4) is 0 Å². The van der Waals surface area contributed by atoms with Gasteiger partial charge in [0.15, 0.2) is 0 Å². The van der Waals surface area contributed by atoms with E-state index in [-0.39, 0.29) is 6.54 Å². The topological polar surface area (TPSA) is 78.1 Å². The molecule has 6 nitrogen and oxygen atoms in total. The molecule has 0 aliphatic heterocycles. The lowest BCUT2D eigenvalue weighted by atomic mass is 10.2. The second-order valence-corrected chi connectivity index (χ2v) is 5.83. The van der Waals surface area contributed by atoms with Crippen LogP contribution >= 0.6 is 0 Å². The largest absolute Gasteiger partial charge is 0.345 e. The molecular formula is C10H14N4O2S. The van der Waals surface area contributed by atoms with E-state index in [2.05, 4.69) is 14.7 Å². The zero-order valence-corrected chi connectivity index (χ0v) is 10.5. The van der Waals surface area contributed by atoms with E-state index < -0.39 is 10.2 Å². The second-order valence-electron chi connectivity index (χ2n) is 3.86. The number of hydrogen-bond acceptors (Lipinski definition) is 3. The van der Waals surface area contributed by atoms with Crippen molar-refractivity contribution in [1.29, 1.82) is 0 Å². The molecule has 7 heteroatoms. The molecule has 0 spiro atoms. The number of imidazole rings is 1. The number of benzene rings is 1. The molecule has 2 aromatic rings. The monoisotopic (exact) mass is 254 g/mol. The van der Waals surface area contributed by atoms with E-state index in [1.165, 1.54) is 14.1 Å².